The molecule has 27 heavy (non-hydrogen) atoms. The van der Waals surface area contributed by atoms with Crippen LogP contribution in [0.3, 0.4) is 0 Å². The molecule has 0 unspecified atom stereocenters. The Morgan fingerprint density at radius 2 is 1.78 bits per heavy atom. The van der Waals surface area contributed by atoms with Crippen LogP contribution < -0.4 is 15.4 Å². The van der Waals surface area contributed by atoms with E-state index in [0.29, 0.717) is 12.5 Å². The zero-order valence-corrected chi connectivity index (χ0v) is 18.3. The fourth-order valence-electron chi connectivity index (χ4n) is 2.50. The number of nitrogens with zero attached hydrogens (tertiary/aromatic N) is 2. The van der Waals surface area contributed by atoms with Gasteiger partial charge in [0.05, 0.1) is 7.11 Å². The van der Waals surface area contributed by atoms with Gasteiger partial charge in [-0.05, 0) is 25.1 Å². The number of carbonyl (C=O) groups excluding carboxylic acids is 1. The number of carbonyl (C=O) groups is 1. The van der Waals surface area contributed by atoms with Gasteiger partial charge in [-0.15, -0.1) is 24.0 Å². The van der Waals surface area contributed by atoms with Gasteiger partial charge in [-0.1, -0.05) is 36.4 Å². The van der Waals surface area contributed by atoms with Crippen LogP contribution in [0.1, 0.15) is 12.5 Å². The van der Waals surface area contributed by atoms with Gasteiger partial charge in [0, 0.05) is 31.4 Å². The average molecular weight is 482 g/mol. The summed E-state index contributed by atoms with van der Waals surface area (Å²) in [5.41, 5.74) is 1.82. The Kier molecular flexibility index (Phi) is 10.2. The third-order valence-corrected chi connectivity index (χ3v) is 3.73. The van der Waals surface area contributed by atoms with E-state index >= 15 is 0 Å². The first kappa shape index (κ1) is 22.8. The van der Waals surface area contributed by atoms with Crippen LogP contribution in [0.25, 0.3) is 0 Å². The minimum atomic E-state index is -0.155. The fraction of sp³-hybridized carbons (Fsp3) is 0.300. The van der Waals surface area contributed by atoms with E-state index in [1.54, 1.807) is 7.11 Å². The largest absolute Gasteiger partial charge is 0.496 e. The molecule has 0 fully saturated rings. The summed E-state index contributed by atoms with van der Waals surface area (Å²) in [4.78, 5) is 18.5. The van der Waals surface area contributed by atoms with Gasteiger partial charge in [-0.25, -0.2) is 4.99 Å². The molecule has 0 atom stereocenters. The van der Waals surface area contributed by atoms with E-state index in [9.17, 15) is 4.79 Å². The van der Waals surface area contributed by atoms with Crippen LogP contribution in [-0.4, -0.2) is 44.0 Å². The molecular weight excluding hydrogens is 455 g/mol. The Balaban J connectivity index is 0.00000364. The molecule has 0 spiro atoms. The SMILES string of the molecule is CCNC(=NCC(=O)Nc1ccccc1)N(C)Cc1ccccc1OC.I. The first-order chi connectivity index (χ1) is 12.6. The molecule has 2 aromatic carbocycles. The second kappa shape index (κ2) is 12.2. The number of ether oxygens (including phenoxy) is 1. The molecule has 0 heterocycles. The third kappa shape index (κ3) is 7.46. The Morgan fingerprint density at radius 3 is 2.44 bits per heavy atom. The summed E-state index contributed by atoms with van der Waals surface area (Å²) < 4.78 is 5.40. The molecule has 2 rings (SSSR count). The summed E-state index contributed by atoms with van der Waals surface area (Å²) in [6, 6.07) is 17.2. The molecular formula is C20H27IN4O2. The Labute approximate surface area is 178 Å². The molecule has 6 nitrogen and oxygen atoms in total. The number of methoxy groups -OCH3 is 1. The van der Waals surface area contributed by atoms with Crippen molar-refractivity contribution < 1.29 is 9.53 Å². The molecule has 0 saturated heterocycles. The Hall–Kier alpha value is -2.29. The number of nitrogens with one attached hydrogen (secondary N) is 2. The normalized spacial score (nSPS) is 10.6. The molecule has 0 radical (unpaired) electrons. The minimum absolute atomic E-state index is 0. The van der Waals surface area contributed by atoms with Crippen LogP contribution in [0.15, 0.2) is 59.6 Å². The van der Waals surface area contributed by atoms with Crippen molar-refractivity contribution in [2.75, 3.05) is 32.6 Å². The van der Waals surface area contributed by atoms with Crippen molar-refractivity contribution in [3.63, 3.8) is 0 Å². The van der Waals surface area contributed by atoms with Crippen LogP contribution in [-0.2, 0) is 11.3 Å². The number of aliphatic imine (C=N–C) groups is 1. The molecule has 2 N–H and O–H groups in total. The Morgan fingerprint density at radius 1 is 1.11 bits per heavy atom. The third-order valence-electron chi connectivity index (χ3n) is 3.73. The summed E-state index contributed by atoms with van der Waals surface area (Å²) in [5, 5.41) is 6.05. The number of anilines is 1. The van der Waals surface area contributed by atoms with Gasteiger partial charge in [0.25, 0.3) is 0 Å². The highest BCUT2D eigenvalue weighted by molar-refractivity contribution is 14.0. The van der Waals surface area contributed by atoms with Crippen LogP contribution in [0.2, 0.25) is 0 Å². The lowest BCUT2D eigenvalue weighted by Gasteiger charge is -2.23. The van der Waals surface area contributed by atoms with Crippen molar-refractivity contribution in [2.24, 2.45) is 4.99 Å². The molecule has 0 bridgehead atoms. The van der Waals surface area contributed by atoms with E-state index in [1.165, 1.54) is 0 Å². The zero-order valence-electron chi connectivity index (χ0n) is 15.9. The van der Waals surface area contributed by atoms with Crippen LogP contribution in [0.4, 0.5) is 5.69 Å². The summed E-state index contributed by atoms with van der Waals surface area (Å²) in [7, 11) is 3.59. The number of hydrogen-bond donors (Lipinski definition) is 2. The van der Waals surface area contributed by atoms with Gasteiger partial charge in [-0.3, -0.25) is 4.79 Å². The summed E-state index contributed by atoms with van der Waals surface area (Å²) in [6.07, 6.45) is 0. The lowest BCUT2D eigenvalue weighted by molar-refractivity contribution is -0.114. The highest BCUT2D eigenvalue weighted by Crippen LogP contribution is 2.18. The quantitative estimate of drug-likeness (QED) is 0.361. The van der Waals surface area contributed by atoms with Crippen molar-refractivity contribution in [3.05, 3.63) is 60.2 Å². The molecule has 0 saturated carbocycles. The molecule has 146 valence electrons. The summed E-state index contributed by atoms with van der Waals surface area (Å²) in [5.74, 6) is 1.34. The number of benzene rings is 2. The minimum Gasteiger partial charge on any atom is -0.496 e. The van der Waals surface area contributed by atoms with Crippen molar-refractivity contribution in [3.8, 4) is 5.75 Å². The number of halogens is 1. The van der Waals surface area contributed by atoms with Gasteiger partial charge >= 0.3 is 0 Å². The van der Waals surface area contributed by atoms with Gasteiger partial charge in [0.2, 0.25) is 5.91 Å². The molecule has 0 aliphatic rings. The van der Waals surface area contributed by atoms with E-state index in [4.69, 9.17) is 4.74 Å². The average Bonchev–Trinajstić information content (AvgIpc) is 2.66. The number of amides is 1. The number of hydrogen-bond acceptors (Lipinski definition) is 3. The monoisotopic (exact) mass is 482 g/mol. The lowest BCUT2D eigenvalue weighted by Crippen LogP contribution is -2.39. The summed E-state index contributed by atoms with van der Waals surface area (Å²) in [6.45, 7) is 3.38. The molecule has 0 aliphatic carbocycles. The fourth-order valence-corrected chi connectivity index (χ4v) is 2.50. The maximum atomic E-state index is 12.1. The summed E-state index contributed by atoms with van der Waals surface area (Å²) >= 11 is 0. The molecule has 2 aromatic rings. The topological polar surface area (TPSA) is 66.0 Å². The van der Waals surface area contributed by atoms with Crippen molar-refractivity contribution in [1.29, 1.82) is 0 Å². The first-order valence-electron chi connectivity index (χ1n) is 8.60. The maximum Gasteiger partial charge on any atom is 0.246 e. The van der Waals surface area contributed by atoms with Crippen molar-refractivity contribution >= 4 is 41.5 Å². The predicted octanol–water partition coefficient (Wildman–Crippen LogP) is 3.35. The van der Waals surface area contributed by atoms with E-state index in [0.717, 1.165) is 23.5 Å². The van der Waals surface area contributed by atoms with E-state index in [-0.39, 0.29) is 36.4 Å². The van der Waals surface area contributed by atoms with Crippen molar-refractivity contribution in [2.45, 2.75) is 13.5 Å². The predicted molar refractivity (Wildman–Crippen MR) is 121 cm³/mol. The van der Waals surface area contributed by atoms with Gasteiger partial charge in [0.1, 0.15) is 12.3 Å². The van der Waals surface area contributed by atoms with Crippen LogP contribution in [0.5, 0.6) is 5.75 Å². The highest BCUT2D eigenvalue weighted by Gasteiger charge is 2.10. The zero-order chi connectivity index (χ0) is 18.8. The number of para-hydroxylation sites is 2. The molecule has 0 aromatic heterocycles. The molecule has 7 heteroatoms. The van der Waals surface area contributed by atoms with E-state index < -0.39 is 0 Å². The lowest BCUT2D eigenvalue weighted by atomic mass is 10.2. The van der Waals surface area contributed by atoms with Crippen LogP contribution in [0, 0.1) is 0 Å². The van der Waals surface area contributed by atoms with E-state index in [2.05, 4.69) is 15.6 Å². The van der Waals surface area contributed by atoms with Gasteiger partial charge in [-0.2, -0.15) is 0 Å². The number of guanidine groups is 1. The van der Waals surface area contributed by atoms with Gasteiger partial charge in [0.15, 0.2) is 5.96 Å². The second-order valence-electron chi connectivity index (χ2n) is 5.75. The van der Waals surface area contributed by atoms with Crippen LogP contribution >= 0.6 is 24.0 Å². The van der Waals surface area contributed by atoms with Crippen molar-refractivity contribution in [1.82, 2.24) is 10.2 Å². The standard InChI is InChI=1S/C20H26N4O2.HI/c1-4-21-20(22-14-19(25)23-17-11-6-5-7-12-17)24(2)15-16-10-8-9-13-18(16)26-3;/h5-13H,4,14-15H2,1-3H3,(H,21,22)(H,23,25);1H. The maximum absolute atomic E-state index is 12.1. The molecule has 1 amide bonds. The van der Waals surface area contributed by atoms with E-state index in [1.807, 2.05) is 73.5 Å². The number of rotatable bonds is 7. The Bertz CT molecular complexity index is 738. The molecule has 0 aliphatic heterocycles. The first-order valence-corrected chi connectivity index (χ1v) is 8.60. The highest BCUT2D eigenvalue weighted by atomic mass is 127. The second-order valence-corrected chi connectivity index (χ2v) is 5.75. The smallest absolute Gasteiger partial charge is 0.246 e. The van der Waals surface area contributed by atoms with Gasteiger partial charge < -0.3 is 20.3 Å².